The Labute approximate surface area is 137 Å². The van der Waals surface area contributed by atoms with Gasteiger partial charge in [0.2, 0.25) is 0 Å². The number of hydrogen-bond acceptors (Lipinski definition) is 4. The first kappa shape index (κ1) is 15.5. The molecule has 0 saturated heterocycles. The molecule has 1 aromatic heterocycles. The maximum atomic E-state index is 11.8. The van der Waals surface area contributed by atoms with Crippen LogP contribution in [-0.4, -0.2) is 28.1 Å². The number of thiazole rings is 1. The van der Waals surface area contributed by atoms with Crippen LogP contribution in [0.5, 0.6) is 0 Å². The van der Waals surface area contributed by atoms with Gasteiger partial charge in [0.25, 0.3) is 0 Å². The van der Waals surface area contributed by atoms with Crippen LogP contribution in [0.4, 0.5) is 4.79 Å². The van der Waals surface area contributed by atoms with Crippen molar-refractivity contribution >= 4 is 23.3 Å². The third-order valence-electron chi connectivity index (χ3n) is 3.83. The zero-order valence-corrected chi connectivity index (χ0v) is 13.2. The molecule has 1 aliphatic carbocycles. The summed E-state index contributed by atoms with van der Waals surface area (Å²) in [5, 5.41) is 17.2. The number of aliphatic carboxylic acids is 1. The quantitative estimate of drug-likeness (QED) is 0.785. The fourth-order valence-corrected chi connectivity index (χ4v) is 3.27. The Balaban J connectivity index is 1.45. The van der Waals surface area contributed by atoms with Crippen LogP contribution >= 0.6 is 11.3 Å². The molecular weight excluding hydrogens is 314 g/mol. The molecule has 0 spiro atoms. The average molecular weight is 331 g/mol. The van der Waals surface area contributed by atoms with Gasteiger partial charge in [-0.05, 0) is 12.8 Å². The molecule has 2 aromatic rings. The summed E-state index contributed by atoms with van der Waals surface area (Å²) in [6, 6.07) is 9.55. The Kier molecular flexibility index (Phi) is 4.57. The van der Waals surface area contributed by atoms with Crippen LogP contribution < -0.4 is 10.6 Å². The molecule has 0 aliphatic heterocycles. The van der Waals surface area contributed by atoms with Crippen molar-refractivity contribution in [2.75, 3.05) is 0 Å². The van der Waals surface area contributed by atoms with Crippen LogP contribution in [0.1, 0.15) is 18.5 Å². The number of carbonyl (C=O) groups excluding carboxylic acids is 1. The maximum absolute atomic E-state index is 11.8. The highest BCUT2D eigenvalue weighted by atomic mass is 32.1. The molecule has 120 valence electrons. The highest BCUT2D eigenvalue weighted by molar-refractivity contribution is 7.13. The normalized spacial score (nSPS) is 19.7. The lowest BCUT2D eigenvalue weighted by Crippen LogP contribution is -2.49. The lowest BCUT2D eigenvalue weighted by molar-refractivity contribution is -0.145. The summed E-state index contributed by atoms with van der Waals surface area (Å²) in [5.41, 5.74) is 1.86. The minimum Gasteiger partial charge on any atom is -0.481 e. The first-order valence-electron chi connectivity index (χ1n) is 7.39. The van der Waals surface area contributed by atoms with E-state index in [1.54, 1.807) is 0 Å². The number of nitrogens with one attached hydrogen (secondary N) is 2. The molecule has 1 saturated carbocycles. The molecule has 3 N–H and O–H groups in total. The van der Waals surface area contributed by atoms with E-state index in [-0.39, 0.29) is 18.0 Å². The molecule has 0 atom stereocenters. The highest BCUT2D eigenvalue weighted by Gasteiger charge is 2.35. The van der Waals surface area contributed by atoms with Gasteiger partial charge in [0.1, 0.15) is 5.01 Å². The van der Waals surface area contributed by atoms with Crippen LogP contribution in [0, 0.1) is 5.92 Å². The van der Waals surface area contributed by atoms with E-state index in [4.69, 9.17) is 5.11 Å². The van der Waals surface area contributed by atoms with E-state index in [1.807, 2.05) is 35.7 Å². The predicted octanol–water partition coefficient (Wildman–Crippen LogP) is 2.47. The fraction of sp³-hybridized carbons (Fsp3) is 0.312. The van der Waals surface area contributed by atoms with Crippen molar-refractivity contribution in [2.24, 2.45) is 5.92 Å². The van der Waals surface area contributed by atoms with E-state index < -0.39 is 5.97 Å². The minimum absolute atomic E-state index is 0.0496. The van der Waals surface area contributed by atoms with Gasteiger partial charge in [0, 0.05) is 17.0 Å². The topological polar surface area (TPSA) is 91.3 Å². The molecule has 1 aromatic carbocycles. The second-order valence-electron chi connectivity index (χ2n) is 5.54. The molecule has 3 rings (SSSR count). The molecule has 0 radical (unpaired) electrons. The number of benzene rings is 1. The number of carboxylic acids is 1. The van der Waals surface area contributed by atoms with Gasteiger partial charge in [0.15, 0.2) is 0 Å². The van der Waals surface area contributed by atoms with Crippen molar-refractivity contribution in [1.29, 1.82) is 0 Å². The summed E-state index contributed by atoms with van der Waals surface area (Å²) in [4.78, 5) is 27.0. The molecule has 2 amide bonds. The first-order valence-corrected chi connectivity index (χ1v) is 8.27. The van der Waals surface area contributed by atoms with Gasteiger partial charge in [-0.25, -0.2) is 9.78 Å². The summed E-state index contributed by atoms with van der Waals surface area (Å²) < 4.78 is 0. The number of urea groups is 1. The number of carboxylic acid groups (broad SMARTS) is 1. The molecule has 0 bridgehead atoms. The van der Waals surface area contributed by atoms with Gasteiger partial charge < -0.3 is 15.7 Å². The van der Waals surface area contributed by atoms with Crippen molar-refractivity contribution < 1.29 is 14.7 Å². The summed E-state index contributed by atoms with van der Waals surface area (Å²) in [7, 11) is 0. The third-order valence-corrected chi connectivity index (χ3v) is 4.77. The van der Waals surface area contributed by atoms with E-state index in [0.29, 0.717) is 19.4 Å². The summed E-state index contributed by atoms with van der Waals surface area (Å²) >= 11 is 1.54. The maximum Gasteiger partial charge on any atom is 0.315 e. The Morgan fingerprint density at radius 1 is 1.26 bits per heavy atom. The second-order valence-corrected chi connectivity index (χ2v) is 6.40. The van der Waals surface area contributed by atoms with Crippen molar-refractivity contribution in [3.63, 3.8) is 0 Å². The van der Waals surface area contributed by atoms with Gasteiger partial charge in [0.05, 0.1) is 18.2 Å². The molecule has 0 unspecified atom stereocenters. The van der Waals surface area contributed by atoms with Crippen molar-refractivity contribution in [2.45, 2.75) is 25.4 Å². The van der Waals surface area contributed by atoms with Crippen molar-refractivity contribution in [1.82, 2.24) is 15.6 Å². The summed E-state index contributed by atoms with van der Waals surface area (Å²) in [5.74, 6) is -1.12. The van der Waals surface area contributed by atoms with Gasteiger partial charge in [-0.1, -0.05) is 30.3 Å². The van der Waals surface area contributed by atoms with Gasteiger partial charge in [-0.2, -0.15) is 0 Å². The largest absolute Gasteiger partial charge is 0.481 e. The molecule has 6 nitrogen and oxygen atoms in total. The first-order chi connectivity index (χ1) is 11.1. The summed E-state index contributed by atoms with van der Waals surface area (Å²) in [6.07, 6.45) is 0.995. The van der Waals surface area contributed by atoms with Crippen LogP contribution in [0.3, 0.4) is 0 Å². The zero-order chi connectivity index (χ0) is 16.2. The average Bonchev–Trinajstić information content (AvgIpc) is 2.98. The van der Waals surface area contributed by atoms with E-state index >= 15 is 0 Å². The van der Waals surface area contributed by atoms with E-state index in [9.17, 15) is 9.59 Å². The highest BCUT2D eigenvalue weighted by Crippen LogP contribution is 2.27. The number of rotatable bonds is 5. The standard InChI is InChI=1S/C16H17N3O3S/c20-15(21)11-6-12(7-11)19-16(22)17-8-13-9-23-14(18-13)10-4-2-1-3-5-10/h1-5,9,11-12H,6-8H2,(H,20,21)(H2,17,19,22). The monoisotopic (exact) mass is 331 g/mol. The molecule has 1 aliphatic rings. The van der Waals surface area contributed by atoms with Crippen molar-refractivity contribution in [3.8, 4) is 10.6 Å². The second kappa shape index (κ2) is 6.78. The fourth-order valence-electron chi connectivity index (χ4n) is 2.45. The Morgan fingerprint density at radius 3 is 2.70 bits per heavy atom. The lowest BCUT2D eigenvalue weighted by atomic mass is 9.80. The van der Waals surface area contributed by atoms with Gasteiger partial charge in [-0.3, -0.25) is 4.79 Å². The molecule has 1 fully saturated rings. The SMILES string of the molecule is O=C(NCc1csc(-c2ccccc2)n1)NC1CC(C(=O)O)C1. The van der Waals surface area contributed by atoms with Gasteiger partial charge >= 0.3 is 12.0 Å². The van der Waals surface area contributed by atoms with Gasteiger partial charge in [-0.15, -0.1) is 11.3 Å². The molecule has 7 heteroatoms. The van der Waals surface area contributed by atoms with Crippen molar-refractivity contribution in [3.05, 3.63) is 41.4 Å². The zero-order valence-electron chi connectivity index (χ0n) is 12.4. The number of amides is 2. The smallest absolute Gasteiger partial charge is 0.315 e. The van der Waals surface area contributed by atoms with Crippen LogP contribution in [0.2, 0.25) is 0 Å². The van der Waals surface area contributed by atoms with E-state index in [1.165, 1.54) is 11.3 Å². The van der Waals surface area contributed by atoms with E-state index in [0.717, 1.165) is 16.3 Å². The Bertz CT molecular complexity index is 696. The van der Waals surface area contributed by atoms with Crippen LogP contribution in [0.15, 0.2) is 35.7 Å². The lowest BCUT2D eigenvalue weighted by Gasteiger charge is -2.32. The Morgan fingerprint density at radius 2 is 2.00 bits per heavy atom. The minimum atomic E-state index is -0.792. The summed E-state index contributed by atoms with van der Waals surface area (Å²) in [6.45, 7) is 0.351. The van der Waals surface area contributed by atoms with E-state index in [2.05, 4.69) is 15.6 Å². The van der Waals surface area contributed by atoms with Crippen LogP contribution in [-0.2, 0) is 11.3 Å². The molecular formula is C16H17N3O3S. The molecule has 23 heavy (non-hydrogen) atoms. The number of aromatic nitrogens is 1. The predicted molar refractivity (Wildman–Crippen MR) is 87.1 cm³/mol. The third kappa shape index (κ3) is 3.87. The Hall–Kier alpha value is -2.41. The van der Waals surface area contributed by atoms with Crippen LogP contribution in [0.25, 0.3) is 10.6 Å². The number of carbonyl (C=O) groups is 2. The molecule has 1 heterocycles. The number of nitrogens with zero attached hydrogens (tertiary/aromatic N) is 1. The number of hydrogen-bond donors (Lipinski definition) is 3.